The van der Waals surface area contributed by atoms with Crippen LogP contribution in [0.5, 0.6) is 5.75 Å². The third-order valence-corrected chi connectivity index (χ3v) is 13.1. The van der Waals surface area contributed by atoms with Gasteiger partial charge in [-0.1, -0.05) is 31.8 Å². The first-order valence-corrected chi connectivity index (χ1v) is 16.9. The number of nitrogens with two attached hydrogens (primary N) is 1. The minimum Gasteiger partial charge on any atom is -0.508 e. The summed E-state index contributed by atoms with van der Waals surface area (Å²) in [6, 6.07) is 5.97. The van der Waals surface area contributed by atoms with E-state index in [1.54, 1.807) is 0 Å². The molecule has 0 amide bonds. The molecule has 2 aliphatic heterocycles. The van der Waals surface area contributed by atoms with Gasteiger partial charge in [0.05, 0.1) is 17.1 Å². The van der Waals surface area contributed by atoms with Gasteiger partial charge in [0, 0.05) is 30.4 Å². The van der Waals surface area contributed by atoms with Crippen LogP contribution in [0.15, 0.2) is 18.2 Å². The quantitative estimate of drug-likeness (QED) is 0.363. The lowest BCUT2D eigenvalue weighted by Gasteiger charge is -2.73. The van der Waals surface area contributed by atoms with Gasteiger partial charge in [-0.25, -0.2) is 0 Å². The summed E-state index contributed by atoms with van der Waals surface area (Å²) >= 11 is 0. The summed E-state index contributed by atoms with van der Waals surface area (Å²) in [6.07, 6.45) is 14.0. The van der Waals surface area contributed by atoms with E-state index in [0.717, 1.165) is 37.5 Å². The second kappa shape index (κ2) is 9.73. The Kier molecular flexibility index (Phi) is 6.71. The van der Waals surface area contributed by atoms with Crippen LogP contribution in [-0.4, -0.2) is 33.6 Å². The monoisotopic (exact) mass is 559 g/mol. The predicted molar refractivity (Wildman–Crippen MR) is 163 cm³/mol. The number of hydrogen-bond donors (Lipinski definition) is 3. The summed E-state index contributed by atoms with van der Waals surface area (Å²) in [6.45, 7) is 9.49. The number of aliphatic hydroxyl groups excluding tert-OH is 1. The lowest BCUT2D eigenvalue weighted by atomic mass is 9.40. The van der Waals surface area contributed by atoms with Gasteiger partial charge in [0.15, 0.2) is 0 Å². The average molecular weight is 560 g/mol. The molecular formula is C37H53NO3. The second-order valence-electron chi connectivity index (χ2n) is 16.6. The molecule has 1 aromatic rings. The number of benzene rings is 1. The lowest BCUT2D eigenvalue weighted by Crippen LogP contribution is -2.82. The van der Waals surface area contributed by atoms with Crippen LogP contribution in [0, 0.1) is 64.6 Å². The van der Waals surface area contributed by atoms with E-state index in [-0.39, 0.29) is 35.6 Å². The second-order valence-corrected chi connectivity index (χ2v) is 16.6. The smallest absolute Gasteiger partial charge is 0.115 e. The van der Waals surface area contributed by atoms with Gasteiger partial charge in [0.1, 0.15) is 5.75 Å². The molecule has 10 atom stereocenters. The molecule has 41 heavy (non-hydrogen) atoms. The molecule has 6 bridgehead atoms. The molecule has 224 valence electrons. The van der Waals surface area contributed by atoms with Gasteiger partial charge >= 0.3 is 0 Å². The molecule has 2 saturated heterocycles. The molecule has 4 saturated carbocycles. The van der Waals surface area contributed by atoms with Crippen LogP contribution in [0.3, 0.4) is 0 Å². The van der Waals surface area contributed by atoms with E-state index in [2.05, 4.69) is 45.6 Å². The molecule has 0 aromatic heterocycles. The molecule has 2 heterocycles. The van der Waals surface area contributed by atoms with Gasteiger partial charge in [-0.05, 0) is 143 Å². The summed E-state index contributed by atoms with van der Waals surface area (Å²) in [7, 11) is 0. The SMILES string of the molecule is CC(C)CC1CCC2(C1)CC1Cc3ccc(O)cc3CC#CC3C4(CC5CCC(CO)C3(N)C5C(C)(C)O4)C(C1)C2. The number of aliphatic hydroxyl groups is 1. The molecule has 0 radical (unpaired) electrons. The topological polar surface area (TPSA) is 75.7 Å². The van der Waals surface area contributed by atoms with Crippen molar-refractivity contribution in [3.05, 3.63) is 29.3 Å². The van der Waals surface area contributed by atoms with Crippen molar-refractivity contribution in [2.75, 3.05) is 6.61 Å². The third kappa shape index (κ3) is 4.35. The Morgan fingerprint density at radius 3 is 2.68 bits per heavy atom. The van der Waals surface area contributed by atoms with E-state index in [4.69, 9.17) is 10.5 Å². The minimum absolute atomic E-state index is 0.0580. The van der Waals surface area contributed by atoms with Gasteiger partial charge in [-0.2, -0.15) is 0 Å². The van der Waals surface area contributed by atoms with E-state index in [0.29, 0.717) is 35.3 Å². The highest BCUT2D eigenvalue weighted by Gasteiger charge is 2.74. The van der Waals surface area contributed by atoms with Crippen LogP contribution < -0.4 is 5.73 Å². The maximum Gasteiger partial charge on any atom is 0.115 e. The summed E-state index contributed by atoms with van der Waals surface area (Å²) in [5.74, 6) is 11.1. The van der Waals surface area contributed by atoms with Crippen molar-refractivity contribution < 1.29 is 14.9 Å². The molecule has 4 heteroatoms. The lowest BCUT2D eigenvalue weighted by molar-refractivity contribution is -0.342. The number of rotatable bonds is 3. The summed E-state index contributed by atoms with van der Waals surface area (Å²) < 4.78 is 7.50. The molecular weight excluding hydrogens is 506 g/mol. The van der Waals surface area contributed by atoms with E-state index in [1.807, 2.05) is 12.1 Å². The zero-order chi connectivity index (χ0) is 28.8. The number of phenols is 1. The van der Waals surface area contributed by atoms with Gasteiger partial charge in [0.2, 0.25) is 0 Å². The zero-order valence-corrected chi connectivity index (χ0v) is 25.9. The maximum absolute atomic E-state index is 10.7. The van der Waals surface area contributed by atoms with Crippen molar-refractivity contribution in [3.8, 4) is 17.6 Å². The van der Waals surface area contributed by atoms with Gasteiger partial charge in [0.25, 0.3) is 0 Å². The highest BCUT2D eigenvalue weighted by atomic mass is 16.5. The van der Waals surface area contributed by atoms with Crippen LogP contribution in [-0.2, 0) is 17.6 Å². The summed E-state index contributed by atoms with van der Waals surface area (Å²) in [4.78, 5) is 0. The van der Waals surface area contributed by atoms with Crippen LogP contribution in [0.1, 0.15) is 103 Å². The van der Waals surface area contributed by atoms with E-state index < -0.39 is 5.54 Å². The summed E-state index contributed by atoms with van der Waals surface area (Å²) in [5.41, 5.74) is 9.41. The van der Waals surface area contributed by atoms with Crippen LogP contribution in [0.4, 0.5) is 0 Å². The van der Waals surface area contributed by atoms with Crippen molar-refractivity contribution in [3.63, 3.8) is 0 Å². The number of hydrogen-bond acceptors (Lipinski definition) is 4. The largest absolute Gasteiger partial charge is 0.508 e. The van der Waals surface area contributed by atoms with Crippen molar-refractivity contribution in [2.24, 2.45) is 58.5 Å². The first-order chi connectivity index (χ1) is 19.5. The molecule has 8 rings (SSSR count). The Hall–Kier alpha value is -1.54. The highest BCUT2D eigenvalue weighted by Crippen LogP contribution is 2.69. The molecule has 6 fully saturated rings. The molecule has 10 unspecified atom stereocenters. The van der Waals surface area contributed by atoms with E-state index in [9.17, 15) is 10.2 Å². The predicted octanol–water partition coefficient (Wildman–Crippen LogP) is 6.64. The Morgan fingerprint density at radius 1 is 1.07 bits per heavy atom. The Labute approximate surface area is 248 Å². The standard InChI is InChI=1S/C37H53NO3/c1-23(2)14-24-12-13-35(18-24)19-25-15-27-9-11-31(40)17-26(27)6-5-7-32-36(30(16-25)21-35)20-28-8-10-29(22-39)37(32,38)33(28)34(3,4)41-36/h9,11,17,23-25,28-30,32-33,39-40H,6,8,10,12-16,18-22,38H2,1-4H3. The fourth-order valence-corrected chi connectivity index (χ4v) is 12.3. The number of aromatic hydroxyl groups is 1. The van der Waals surface area contributed by atoms with Crippen molar-refractivity contribution in [1.82, 2.24) is 0 Å². The maximum atomic E-state index is 10.7. The number of phenolic OH excluding ortho intramolecular Hbond substituents is 1. The van der Waals surface area contributed by atoms with Gasteiger partial charge < -0.3 is 20.7 Å². The van der Waals surface area contributed by atoms with Crippen LogP contribution in [0.25, 0.3) is 0 Å². The average Bonchev–Trinajstić information content (AvgIpc) is 3.25. The molecule has 1 aromatic carbocycles. The minimum atomic E-state index is -0.545. The number of fused-ring (bicyclic) bond motifs is 4. The van der Waals surface area contributed by atoms with E-state index >= 15 is 0 Å². The number of ether oxygens (including phenoxy) is 1. The van der Waals surface area contributed by atoms with Crippen molar-refractivity contribution in [2.45, 2.75) is 121 Å². The molecule has 4 nitrogen and oxygen atoms in total. The van der Waals surface area contributed by atoms with Crippen LogP contribution >= 0.6 is 0 Å². The molecule has 4 N–H and O–H groups in total. The molecule has 5 aliphatic carbocycles. The normalized spacial score (nSPS) is 45.9. The summed E-state index contributed by atoms with van der Waals surface area (Å²) in [5, 5.41) is 21.1. The Balaban J connectivity index is 1.38. The van der Waals surface area contributed by atoms with Gasteiger partial charge in [-0.15, -0.1) is 0 Å². The fraction of sp³-hybridized carbons (Fsp3) is 0.784. The first-order valence-electron chi connectivity index (χ1n) is 16.9. The van der Waals surface area contributed by atoms with Gasteiger partial charge in [-0.3, -0.25) is 0 Å². The fourth-order valence-electron chi connectivity index (χ4n) is 12.3. The molecule has 7 aliphatic rings. The van der Waals surface area contributed by atoms with Crippen molar-refractivity contribution in [1.29, 1.82) is 0 Å². The van der Waals surface area contributed by atoms with Crippen LogP contribution in [0.2, 0.25) is 0 Å². The van der Waals surface area contributed by atoms with E-state index in [1.165, 1.54) is 56.1 Å². The highest BCUT2D eigenvalue weighted by molar-refractivity contribution is 5.40. The zero-order valence-electron chi connectivity index (χ0n) is 25.9. The third-order valence-electron chi connectivity index (χ3n) is 13.1. The molecule has 2 spiro atoms. The van der Waals surface area contributed by atoms with Crippen molar-refractivity contribution >= 4 is 0 Å². The first kappa shape index (κ1) is 28.2. The Morgan fingerprint density at radius 2 is 1.90 bits per heavy atom. The Bertz CT molecular complexity index is 1240.